The smallest absolute Gasteiger partial charge is 0.230 e. The zero-order valence-electron chi connectivity index (χ0n) is 21.4. The minimum Gasteiger partial charge on any atom is -0.310 e. The van der Waals surface area contributed by atoms with Gasteiger partial charge in [-0.15, -0.1) is 0 Å². The Balaban J connectivity index is 1.52. The van der Waals surface area contributed by atoms with Crippen molar-refractivity contribution in [2.75, 3.05) is 5.32 Å². The van der Waals surface area contributed by atoms with Gasteiger partial charge in [-0.05, 0) is 54.1 Å². The lowest BCUT2D eigenvalue weighted by atomic mass is 9.98. The molecule has 1 fully saturated rings. The Bertz CT molecular complexity index is 1720. The second-order valence-electron chi connectivity index (χ2n) is 9.74. The molecule has 2 aromatic heterocycles. The predicted octanol–water partition coefficient (Wildman–Crippen LogP) is 6.87. The third-order valence-corrected chi connectivity index (χ3v) is 7.04. The van der Waals surface area contributed by atoms with Gasteiger partial charge in [0.15, 0.2) is 0 Å². The van der Waals surface area contributed by atoms with Crippen LogP contribution in [0.3, 0.4) is 0 Å². The first-order valence-corrected chi connectivity index (χ1v) is 12.9. The minimum absolute atomic E-state index is 0.165. The lowest BCUT2D eigenvalue weighted by molar-refractivity contribution is -0.117. The van der Waals surface area contributed by atoms with E-state index in [1.54, 1.807) is 12.4 Å². The molecule has 188 valence electrons. The zero-order valence-corrected chi connectivity index (χ0v) is 21.4. The summed E-state index contributed by atoms with van der Waals surface area (Å²) in [4.78, 5) is 26.7. The highest BCUT2D eigenvalue weighted by molar-refractivity contribution is 6.15. The number of aryl methyl sites for hydroxylation is 1. The minimum atomic E-state index is -0.267. The Morgan fingerprint density at radius 2 is 1.69 bits per heavy atom. The third-order valence-electron chi connectivity index (χ3n) is 7.04. The van der Waals surface area contributed by atoms with Crippen LogP contribution in [0, 0.1) is 30.1 Å². The van der Waals surface area contributed by atoms with Crippen molar-refractivity contribution in [2.24, 2.45) is 16.8 Å². The molecule has 2 unspecified atom stereocenters. The Hall–Kier alpha value is -5.15. The molecule has 39 heavy (non-hydrogen) atoms. The van der Waals surface area contributed by atoms with Crippen LogP contribution in [-0.4, -0.2) is 21.6 Å². The third kappa shape index (κ3) is 5.03. The van der Waals surface area contributed by atoms with Crippen LogP contribution in [0.25, 0.3) is 21.9 Å². The van der Waals surface area contributed by atoms with Gasteiger partial charge in [0.2, 0.25) is 5.91 Å². The molecule has 1 aliphatic rings. The van der Waals surface area contributed by atoms with E-state index in [-0.39, 0.29) is 17.7 Å². The number of nitrogens with one attached hydrogen (secondary N) is 1. The largest absolute Gasteiger partial charge is 0.310 e. The quantitative estimate of drug-likeness (QED) is 0.254. The van der Waals surface area contributed by atoms with Gasteiger partial charge >= 0.3 is 0 Å². The van der Waals surface area contributed by atoms with Crippen molar-refractivity contribution in [1.29, 1.82) is 5.26 Å². The highest BCUT2D eigenvalue weighted by atomic mass is 16.2. The Labute approximate surface area is 226 Å². The molecule has 2 heterocycles. The summed E-state index contributed by atoms with van der Waals surface area (Å²) in [6, 6.07) is 30.4. The van der Waals surface area contributed by atoms with E-state index in [1.807, 2.05) is 54.7 Å². The summed E-state index contributed by atoms with van der Waals surface area (Å²) >= 11 is 0. The van der Waals surface area contributed by atoms with Crippen molar-refractivity contribution in [1.82, 2.24) is 9.97 Å². The zero-order chi connectivity index (χ0) is 26.8. The van der Waals surface area contributed by atoms with Crippen LogP contribution >= 0.6 is 0 Å². The van der Waals surface area contributed by atoms with Crippen molar-refractivity contribution in [3.05, 3.63) is 120 Å². The van der Waals surface area contributed by atoms with Gasteiger partial charge in [0, 0.05) is 40.7 Å². The van der Waals surface area contributed by atoms with Crippen LogP contribution in [0.5, 0.6) is 0 Å². The molecule has 1 N–H and O–H groups in total. The number of carbonyl (C=O) groups excluding carboxylic acids is 1. The van der Waals surface area contributed by atoms with Crippen molar-refractivity contribution in [2.45, 2.75) is 13.3 Å². The number of hydrogen-bond acceptors (Lipinski definition) is 5. The van der Waals surface area contributed by atoms with Crippen LogP contribution in [0.1, 0.15) is 23.1 Å². The number of rotatable bonds is 6. The van der Waals surface area contributed by atoms with E-state index in [0.717, 1.165) is 50.0 Å². The number of amides is 1. The fourth-order valence-electron chi connectivity index (χ4n) is 4.78. The highest BCUT2D eigenvalue weighted by Gasteiger charge is 2.43. The first kappa shape index (κ1) is 24.2. The number of nitrogens with zero attached hydrogens (tertiary/aromatic N) is 4. The molecule has 1 aliphatic carbocycles. The molecular formula is C33H25N5O. The molecule has 1 amide bonds. The maximum atomic E-state index is 12.6. The fourth-order valence-corrected chi connectivity index (χ4v) is 4.78. The van der Waals surface area contributed by atoms with Crippen LogP contribution < -0.4 is 5.32 Å². The van der Waals surface area contributed by atoms with Crippen LogP contribution in [0.2, 0.25) is 0 Å². The van der Waals surface area contributed by atoms with Gasteiger partial charge in [-0.2, -0.15) is 5.26 Å². The van der Waals surface area contributed by atoms with Crippen molar-refractivity contribution in [3.8, 4) is 17.2 Å². The Morgan fingerprint density at radius 3 is 2.33 bits per heavy atom. The topological polar surface area (TPSA) is 91.0 Å². The first-order valence-electron chi connectivity index (χ1n) is 12.9. The molecule has 5 aromatic rings. The van der Waals surface area contributed by atoms with Crippen LogP contribution in [-0.2, 0) is 4.79 Å². The van der Waals surface area contributed by atoms with Gasteiger partial charge in [0.25, 0.3) is 0 Å². The first-order chi connectivity index (χ1) is 19.1. The van der Waals surface area contributed by atoms with E-state index in [4.69, 9.17) is 10.3 Å². The van der Waals surface area contributed by atoms with Gasteiger partial charge in [-0.3, -0.25) is 9.78 Å². The maximum Gasteiger partial charge on any atom is 0.230 e. The Kier molecular flexibility index (Phi) is 6.40. The molecule has 0 bridgehead atoms. The van der Waals surface area contributed by atoms with E-state index in [1.165, 1.54) is 0 Å². The average molecular weight is 508 g/mol. The van der Waals surface area contributed by atoms with E-state index in [9.17, 15) is 4.79 Å². The second kappa shape index (κ2) is 10.3. The highest BCUT2D eigenvalue weighted by Crippen LogP contribution is 2.39. The van der Waals surface area contributed by atoms with E-state index < -0.39 is 0 Å². The molecule has 6 nitrogen and oxygen atoms in total. The summed E-state index contributed by atoms with van der Waals surface area (Å²) in [5.41, 5.74) is 6.72. The predicted molar refractivity (Wildman–Crippen MR) is 154 cm³/mol. The molecule has 6 rings (SSSR count). The molecule has 6 heteroatoms. The van der Waals surface area contributed by atoms with Gasteiger partial charge in [-0.25, -0.2) is 9.98 Å². The van der Waals surface area contributed by atoms with Gasteiger partial charge < -0.3 is 5.32 Å². The average Bonchev–Trinajstić information content (AvgIpc) is 3.77. The van der Waals surface area contributed by atoms with Gasteiger partial charge in [0.05, 0.1) is 29.3 Å². The summed E-state index contributed by atoms with van der Waals surface area (Å²) in [6.07, 6.45) is 6.00. The lowest BCUT2D eigenvalue weighted by Gasteiger charge is -2.13. The number of hydrogen-bond donors (Lipinski definition) is 1. The van der Waals surface area contributed by atoms with Gasteiger partial charge in [-0.1, -0.05) is 60.7 Å². The molecular weight excluding hydrogens is 482 g/mol. The fraction of sp³-hybridized carbons (Fsp3) is 0.121. The van der Waals surface area contributed by atoms with Crippen molar-refractivity contribution in [3.63, 3.8) is 0 Å². The molecule has 0 aliphatic heterocycles. The number of benzene rings is 3. The molecule has 1 saturated carbocycles. The molecule has 0 spiro atoms. The van der Waals surface area contributed by atoms with Crippen molar-refractivity contribution < 1.29 is 4.79 Å². The number of nitriles is 1. The standard InChI is InChI=1S/C33H25N5O/c1-21-12-13-35-19-28(21)24-14-25-17-31(38-33(39)27-15-26(27)18-34)36-20-29(25)30(16-24)37-32(22-8-4-2-5-9-22)23-10-6-3-7-11-23/h2-14,16-17,19-20,26-27H,15H2,1H3,(H,36,38,39). The van der Waals surface area contributed by atoms with Crippen molar-refractivity contribution >= 4 is 33.9 Å². The number of pyridine rings is 2. The maximum absolute atomic E-state index is 12.6. The molecule has 0 radical (unpaired) electrons. The van der Waals surface area contributed by atoms with E-state index >= 15 is 0 Å². The Morgan fingerprint density at radius 1 is 0.974 bits per heavy atom. The van der Waals surface area contributed by atoms with Crippen LogP contribution in [0.4, 0.5) is 11.5 Å². The molecule has 0 saturated heterocycles. The SMILES string of the molecule is Cc1ccncc1-c1cc(N=C(c2ccccc2)c2ccccc2)c2cnc(NC(=O)C3CC3C#N)cc2c1. The number of fused-ring (bicyclic) bond motifs is 1. The number of carbonyl (C=O) groups is 1. The molecule has 2 atom stereocenters. The van der Waals surface area contributed by atoms with Gasteiger partial charge in [0.1, 0.15) is 5.82 Å². The number of anilines is 1. The van der Waals surface area contributed by atoms with E-state index in [0.29, 0.717) is 12.2 Å². The molecule has 3 aromatic carbocycles. The summed E-state index contributed by atoms with van der Waals surface area (Å²) in [5, 5.41) is 13.8. The number of aliphatic imine (C=N–C) groups is 1. The van der Waals surface area contributed by atoms with Crippen LogP contribution in [0.15, 0.2) is 109 Å². The monoisotopic (exact) mass is 507 g/mol. The summed E-state index contributed by atoms with van der Waals surface area (Å²) in [5.74, 6) is -0.184. The normalized spacial score (nSPS) is 15.8. The second-order valence-corrected chi connectivity index (χ2v) is 9.74. The summed E-state index contributed by atoms with van der Waals surface area (Å²) < 4.78 is 0. The lowest BCUT2D eigenvalue weighted by Crippen LogP contribution is -2.15. The summed E-state index contributed by atoms with van der Waals surface area (Å²) in [7, 11) is 0. The summed E-state index contributed by atoms with van der Waals surface area (Å²) in [6.45, 7) is 2.06. The number of aromatic nitrogens is 2. The van der Waals surface area contributed by atoms with E-state index in [2.05, 4.69) is 64.7 Å².